The van der Waals surface area contributed by atoms with Crippen molar-refractivity contribution in [1.29, 1.82) is 5.26 Å². The molecule has 118 valence electrons. The lowest BCUT2D eigenvalue weighted by molar-refractivity contribution is 0.0979. The van der Waals surface area contributed by atoms with E-state index in [2.05, 4.69) is 9.97 Å². The SMILES string of the molecule is COc1cc(N(CC(C)C)C(=O)c2ccc(C#N)cn2)ccn1. The average Bonchev–Trinajstić information content (AvgIpc) is 2.59. The molecule has 6 nitrogen and oxygen atoms in total. The van der Waals surface area contributed by atoms with Gasteiger partial charge < -0.3 is 9.64 Å². The molecule has 2 rings (SSSR count). The first-order valence-corrected chi connectivity index (χ1v) is 7.23. The summed E-state index contributed by atoms with van der Waals surface area (Å²) in [6, 6.07) is 8.60. The second-order valence-corrected chi connectivity index (χ2v) is 5.41. The van der Waals surface area contributed by atoms with Gasteiger partial charge in [-0.15, -0.1) is 0 Å². The fourth-order valence-corrected chi connectivity index (χ4v) is 2.07. The third-order valence-electron chi connectivity index (χ3n) is 3.14. The molecule has 0 fully saturated rings. The molecule has 6 heteroatoms. The Hall–Kier alpha value is -2.94. The standard InChI is InChI=1S/C17H18N4O2/c1-12(2)11-21(14-6-7-19-16(8-14)23-3)17(22)15-5-4-13(9-18)10-20-15/h4-8,10,12H,11H2,1-3H3. The average molecular weight is 310 g/mol. The van der Waals surface area contributed by atoms with Crippen molar-refractivity contribution in [2.24, 2.45) is 5.92 Å². The van der Waals surface area contributed by atoms with E-state index in [1.807, 2.05) is 19.9 Å². The summed E-state index contributed by atoms with van der Waals surface area (Å²) in [5.41, 5.74) is 1.41. The molecule has 2 heterocycles. The lowest BCUT2D eigenvalue weighted by Crippen LogP contribution is -2.34. The quantitative estimate of drug-likeness (QED) is 0.848. The Morgan fingerprint density at radius 2 is 2.13 bits per heavy atom. The van der Waals surface area contributed by atoms with E-state index in [-0.39, 0.29) is 11.8 Å². The number of aromatic nitrogens is 2. The molecule has 0 aromatic carbocycles. The number of rotatable bonds is 5. The van der Waals surface area contributed by atoms with Crippen LogP contribution < -0.4 is 9.64 Å². The van der Waals surface area contributed by atoms with Gasteiger partial charge in [0.2, 0.25) is 5.88 Å². The van der Waals surface area contributed by atoms with Crippen LogP contribution in [0, 0.1) is 17.2 Å². The summed E-state index contributed by atoms with van der Waals surface area (Å²) in [5.74, 6) is 0.491. The third-order valence-corrected chi connectivity index (χ3v) is 3.14. The van der Waals surface area contributed by atoms with Crippen LogP contribution in [0.4, 0.5) is 5.69 Å². The van der Waals surface area contributed by atoms with Crippen molar-refractivity contribution < 1.29 is 9.53 Å². The monoisotopic (exact) mass is 310 g/mol. The van der Waals surface area contributed by atoms with E-state index in [9.17, 15) is 4.79 Å². The number of nitriles is 1. The van der Waals surface area contributed by atoms with Crippen LogP contribution >= 0.6 is 0 Å². The topological polar surface area (TPSA) is 79.1 Å². The summed E-state index contributed by atoms with van der Waals surface area (Å²) in [5, 5.41) is 8.82. The number of ether oxygens (including phenoxy) is 1. The molecule has 0 aliphatic carbocycles. The summed E-state index contributed by atoms with van der Waals surface area (Å²) in [4.78, 5) is 22.6. The minimum atomic E-state index is -0.226. The van der Waals surface area contributed by atoms with Crippen molar-refractivity contribution in [1.82, 2.24) is 9.97 Å². The Labute approximate surface area is 135 Å². The van der Waals surface area contributed by atoms with E-state index >= 15 is 0 Å². The lowest BCUT2D eigenvalue weighted by Gasteiger charge is -2.24. The highest BCUT2D eigenvalue weighted by Crippen LogP contribution is 2.21. The van der Waals surface area contributed by atoms with Gasteiger partial charge in [-0.3, -0.25) is 4.79 Å². The van der Waals surface area contributed by atoms with Crippen molar-refractivity contribution >= 4 is 11.6 Å². The van der Waals surface area contributed by atoms with Crippen LogP contribution in [0.2, 0.25) is 0 Å². The Morgan fingerprint density at radius 3 is 2.70 bits per heavy atom. The number of pyridine rings is 2. The number of carbonyl (C=O) groups excluding carboxylic acids is 1. The molecule has 0 aliphatic rings. The van der Waals surface area contributed by atoms with Gasteiger partial charge in [0, 0.05) is 25.0 Å². The molecule has 0 saturated heterocycles. The fraction of sp³-hybridized carbons (Fsp3) is 0.294. The van der Waals surface area contributed by atoms with E-state index in [4.69, 9.17) is 10.00 Å². The maximum absolute atomic E-state index is 12.8. The van der Waals surface area contributed by atoms with Crippen LogP contribution in [0.5, 0.6) is 5.88 Å². The summed E-state index contributed by atoms with van der Waals surface area (Å²) in [7, 11) is 1.53. The van der Waals surface area contributed by atoms with Crippen molar-refractivity contribution in [2.75, 3.05) is 18.6 Å². The fourth-order valence-electron chi connectivity index (χ4n) is 2.07. The predicted octanol–water partition coefficient (Wildman–Crippen LogP) is 2.66. The summed E-state index contributed by atoms with van der Waals surface area (Å²) in [6.45, 7) is 4.60. The third kappa shape index (κ3) is 4.04. The van der Waals surface area contributed by atoms with Gasteiger partial charge in [-0.1, -0.05) is 13.8 Å². The Kier molecular flexibility index (Phi) is 5.26. The molecule has 0 unspecified atom stereocenters. The van der Waals surface area contributed by atoms with E-state index in [1.54, 1.807) is 35.4 Å². The molecule has 0 radical (unpaired) electrons. The van der Waals surface area contributed by atoms with Gasteiger partial charge >= 0.3 is 0 Å². The summed E-state index contributed by atoms with van der Waals surface area (Å²) < 4.78 is 5.12. The van der Waals surface area contributed by atoms with E-state index in [0.29, 0.717) is 29.4 Å². The maximum atomic E-state index is 12.8. The summed E-state index contributed by atoms with van der Waals surface area (Å²) >= 11 is 0. The van der Waals surface area contributed by atoms with Crippen LogP contribution in [-0.2, 0) is 0 Å². The second kappa shape index (κ2) is 7.36. The zero-order chi connectivity index (χ0) is 16.8. The first-order chi connectivity index (χ1) is 11.0. The van der Waals surface area contributed by atoms with Crippen LogP contribution in [0.25, 0.3) is 0 Å². The zero-order valence-electron chi connectivity index (χ0n) is 13.4. The van der Waals surface area contributed by atoms with E-state index in [0.717, 1.165) is 0 Å². The van der Waals surface area contributed by atoms with Crippen molar-refractivity contribution in [3.05, 3.63) is 47.9 Å². The first-order valence-electron chi connectivity index (χ1n) is 7.23. The minimum absolute atomic E-state index is 0.226. The normalized spacial score (nSPS) is 10.2. The highest BCUT2D eigenvalue weighted by molar-refractivity contribution is 6.04. The number of nitrogens with zero attached hydrogens (tertiary/aromatic N) is 4. The van der Waals surface area contributed by atoms with Crippen LogP contribution in [0.3, 0.4) is 0 Å². The van der Waals surface area contributed by atoms with Gasteiger partial charge in [-0.25, -0.2) is 9.97 Å². The van der Waals surface area contributed by atoms with Crippen molar-refractivity contribution in [2.45, 2.75) is 13.8 Å². The molecule has 0 spiro atoms. The van der Waals surface area contributed by atoms with E-state index in [1.165, 1.54) is 13.3 Å². The Bertz CT molecular complexity index is 720. The largest absolute Gasteiger partial charge is 0.481 e. The molecule has 2 aromatic heterocycles. The molecule has 1 amide bonds. The van der Waals surface area contributed by atoms with Crippen LogP contribution in [-0.4, -0.2) is 29.5 Å². The van der Waals surface area contributed by atoms with Gasteiger partial charge in [0.1, 0.15) is 11.8 Å². The number of methoxy groups -OCH3 is 1. The smallest absolute Gasteiger partial charge is 0.276 e. The number of anilines is 1. The minimum Gasteiger partial charge on any atom is -0.481 e. The molecule has 0 atom stereocenters. The molecule has 0 bridgehead atoms. The van der Waals surface area contributed by atoms with Gasteiger partial charge in [0.15, 0.2) is 0 Å². The number of hydrogen-bond donors (Lipinski definition) is 0. The number of amides is 1. The Balaban J connectivity index is 2.36. The highest BCUT2D eigenvalue weighted by atomic mass is 16.5. The first kappa shape index (κ1) is 16.4. The second-order valence-electron chi connectivity index (χ2n) is 5.41. The highest BCUT2D eigenvalue weighted by Gasteiger charge is 2.20. The lowest BCUT2D eigenvalue weighted by atomic mass is 10.1. The van der Waals surface area contributed by atoms with Crippen molar-refractivity contribution in [3.63, 3.8) is 0 Å². The van der Waals surface area contributed by atoms with E-state index < -0.39 is 0 Å². The molecule has 23 heavy (non-hydrogen) atoms. The zero-order valence-corrected chi connectivity index (χ0v) is 13.4. The molecule has 0 N–H and O–H groups in total. The van der Waals surface area contributed by atoms with Crippen LogP contribution in [0.15, 0.2) is 36.7 Å². The van der Waals surface area contributed by atoms with Crippen LogP contribution in [0.1, 0.15) is 29.9 Å². The van der Waals surface area contributed by atoms with Gasteiger partial charge in [0.05, 0.1) is 18.4 Å². The number of carbonyl (C=O) groups is 1. The maximum Gasteiger partial charge on any atom is 0.276 e. The number of hydrogen-bond acceptors (Lipinski definition) is 5. The molecular formula is C17H18N4O2. The molecule has 0 saturated carbocycles. The van der Waals surface area contributed by atoms with Gasteiger partial charge in [-0.2, -0.15) is 5.26 Å². The molecular weight excluding hydrogens is 292 g/mol. The van der Waals surface area contributed by atoms with Gasteiger partial charge in [0.25, 0.3) is 5.91 Å². The van der Waals surface area contributed by atoms with Crippen molar-refractivity contribution in [3.8, 4) is 11.9 Å². The Morgan fingerprint density at radius 1 is 1.35 bits per heavy atom. The molecule has 2 aromatic rings. The predicted molar refractivity (Wildman–Crippen MR) is 86.3 cm³/mol. The van der Waals surface area contributed by atoms with Gasteiger partial charge in [-0.05, 0) is 24.1 Å². The molecule has 0 aliphatic heterocycles. The summed E-state index contributed by atoms with van der Waals surface area (Å²) in [6.07, 6.45) is 2.99.